The van der Waals surface area contributed by atoms with E-state index in [2.05, 4.69) is 15.0 Å². The van der Waals surface area contributed by atoms with Gasteiger partial charge in [-0.05, 0) is 26.2 Å². The van der Waals surface area contributed by atoms with E-state index >= 15 is 0 Å². The minimum absolute atomic E-state index is 0.00951. The molecule has 1 aliphatic rings. The first-order valence-corrected chi connectivity index (χ1v) is 7.13. The van der Waals surface area contributed by atoms with Crippen molar-refractivity contribution in [2.24, 2.45) is 0 Å². The van der Waals surface area contributed by atoms with Crippen LogP contribution in [0.15, 0.2) is 9.32 Å². The molecule has 0 atom stereocenters. The number of carbonyl (C=O) groups is 1. The van der Waals surface area contributed by atoms with Crippen molar-refractivity contribution in [2.45, 2.75) is 26.2 Å². The van der Waals surface area contributed by atoms with E-state index in [1.807, 2.05) is 4.90 Å². The molecule has 0 aromatic carbocycles. The molecule has 1 N–H and O–H groups in total. The van der Waals surface area contributed by atoms with Crippen LogP contribution in [0.3, 0.4) is 0 Å². The number of rotatable bonds is 3. The van der Waals surface area contributed by atoms with Crippen molar-refractivity contribution in [3.8, 4) is 0 Å². The van der Waals surface area contributed by atoms with Crippen molar-refractivity contribution in [3.63, 3.8) is 0 Å². The normalized spacial score (nSPS) is 15.2. The summed E-state index contributed by atoms with van der Waals surface area (Å²) >= 11 is 0. The van der Waals surface area contributed by atoms with E-state index in [4.69, 9.17) is 4.52 Å². The average Bonchev–Trinajstić information content (AvgIpc) is 2.88. The van der Waals surface area contributed by atoms with E-state index in [0.29, 0.717) is 5.95 Å². The van der Waals surface area contributed by atoms with Gasteiger partial charge in [-0.15, -0.1) is 4.98 Å². The van der Waals surface area contributed by atoms with Crippen LogP contribution in [0, 0.1) is 0 Å². The summed E-state index contributed by atoms with van der Waals surface area (Å²) < 4.78 is 5.83. The number of nitrogens with zero attached hydrogens (tertiary/aromatic N) is 6. The molecule has 0 saturated carbocycles. The lowest BCUT2D eigenvalue weighted by Crippen LogP contribution is -2.34. The standard InChI is InChI=1S/C12H16N6O4/c1-2-17(12(20)21)10-14-8(16-6-4-3-5-7-16)13-9-15-11(19)22-18(9)10/h2-7H2,1H3,(H,20,21). The topological polar surface area (TPSA) is 117 Å². The maximum atomic E-state index is 11.4. The lowest BCUT2D eigenvalue weighted by atomic mass is 10.1. The van der Waals surface area contributed by atoms with E-state index in [1.165, 1.54) is 0 Å². The third-order valence-electron chi connectivity index (χ3n) is 3.55. The van der Waals surface area contributed by atoms with Gasteiger partial charge in [0.15, 0.2) is 0 Å². The molecular weight excluding hydrogens is 292 g/mol. The van der Waals surface area contributed by atoms with Crippen LogP contribution in [0.4, 0.5) is 16.7 Å². The van der Waals surface area contributed by atoms with Gasteiger partial charge in [0.05, 0.1) is 0 Å². The number of amides is 1. The lowest BCUT2D eigenvalue weighted by Gasteiger charge is -2.27. The smallest absolute Gasteiger partial charge is 0.462 e. The summed E-state index contributed by atoms with van der Waals surface area (Å²) in [5.74, 6) is -0.485. The molecule has 2 aromatic heterocycles. The molecule has 10 nitrogen and oxygen atoms in total. The number of hydrogen-bond acceptors (Lipinski definition) is 7. The van der Waals surface area contributed by atoms with Crippen molar-refractivity contribution in [2.75, 3.05) is 29.4 Å². The van der Waals surface area contributed by atoms with E-state index < -0.39 is 11.8 Å². The Hall–Kier alpha value is -2.65. The van der Waals surface area contributed by atoms with Crippen LogP contribution in [0.2, 0.25) is 0 Å². The molecule has 1 aliphatic heterocycles. The zero-order chi connectivity index (χ0) is 15.7. The van der Waals surface area contributed by atoms with Crippen LogP contribution in [0.25, 0.3) is 5.78 Å². The van der Waals surface area contributed by atoms with Gasteiger partial charge in [-0.2, -0.15) is 9.97 Å². The third kappa shape index (κ3) is 2.47. The first kappa shape index (κ1) is 14.3. The molecule has 1 amide bonds. The molecule has 118 valence electrons. The molecule has 0 radical (unpaired) electrons. The molecule has 0 unspecified atom stereocenters. The highest BCUT2D eigenvalue weighted by molar-refractivity contribution is 5.83. The maximum Gasteiger partial charge on any atom is 0.462 e. The Balaban J connectivity index is 2.14. The number of hydrogen-bond donors (Lipinski definition) is 1. The van der Waals surface area contributed by atoms with Crippen molar-refractivity contribution in [3.05, 3.63) is 10.6 Å². The maximum absolute atomic E-state index is 11.4. The van der Waals surface area contributed by atoms with E-state index in [-0.39, 0.29) is 18.3 Å². The van der Waals surface area contributed by atoms with Crippen LogP contribution in [0.1, 0.15) is 26.2 Å². The molecule has 1 fully saturated rings. The number of carboxylic acid groups (broad SMARTS) is 1. The van der Waals surface area contributed by atoms with Gasteiger partial charge in [-0.1, -0.05) is 4.57 Å². The molecule has 10 heteroatoms. The summed E-state index contributed by atoms with van der Waals surface area (Å²) in [6.45, 7) is 3.40. The summed E-state index contributed by atoms with van der Waals surface area (Å²) in [6.07, 6.45) is 1.99. The van der Waals surface area contributed by atoms with Gasteiger partial charge in [0.2, 0.25) is 5.95 Å². The zero-order valence-corrected chi connectivity index (χ0v) is 12.1. The molecular formula is C12H16N6O4. The van der Waals surface area contributed by atoms with Gasteiger partial charge in [-0.3, -0.25) is 0 Å². The molecule has 1 saturated heterocycles. The second kappa shape index (κ2) is 5.62. The fourth-order valence-electron chi connectivity index (χ4n) is 2.48. The quantitative estimate of drug-likeness (QED) is 0.874. The van der Waals surface area contributed by atoms with E-state index in [9.17, 15) is 14.7 Å². The highest BCUT2D eigenvalue weighted by atomic mass is 16.5. The van der Waals surface area contributed by atoms with Crippen LogP contribution in [0.5, 0.6) is 0 Å². The number of anilines is 2. The summed E-state index contributed by atoms with van der Waals surface area (Å²) in [4.78, 5) is 37.8. The van der Waals surface area contributed by atoms with Gasteiger partial charge in [0.1, 0.15) is 0 Å². The van der Waals surface area contributed by atoms with Gasteiger partial charge in [0.25, 0.3) is 11.7 Å². The Bertz CT molecular complexity index is 748. The molecule has 0 bridgehead atoms. The molecule has 22 heavy (non-hydrogen) atoms. The Kier molecular flexibility index (Phi) is 3.65. The molecule has 3 rings (SSSR count). The van der Waals surface area contributed by atoms with Crippen molar-refractivity contribution in [1.82, 2.24) is 19.5 Å². The molecule has 3 heterocycles. The summed E-state index contributed by atoms with van der Waals surface area (Å²) in [5.41, 5.74) is 0. The van der Waals surface area contributed by atoms with E-state index in [1.54, 1.807) is 6.92 Å². The Morgan fingerprint density at radius 1 is 1.27 bits per heavy atom. The van der Waals surface area contributed by atoms with Crippen LogP contribution >= 0.6 is 0 Å². The fourth-order valence-corrected chi connectivity index (χ4v) is 2.48. The Morgan fingerprint density at radius 3 is 2.64 bits per heavy atom. The minimum atomic E-state index is -1.19. The Labute approximate surface area is 125 Å². The summed E-state index contributed by atoms with van der Waals surface area (Å²) in [6, 6.07) is 0. The SMILES string of the molecule is CCN(C(=O)O)c1nc(N2CCCCC2)nc2nc(=O)on12. The molecule has 0 spiro atoms. The van der Waals surface area contributed by atoms with Crippen molar-refractivity contribution >= 4 is 23.8 Å². The Morgan fingerprint density at radius 2 is 2.00 bits per heavy atom. The minimum Gasteiger partial charge on any atom is -0.465 e. The van der Waals surface area contributed by atoms with Gasteiger partial charge in [0, 0.05) is 19.6 Å². The van der Waals surface area contributed by atoms with Gasteiger partial charge < -0.3 is 14.5 Å². The van der Waals surface area contributed by atoms with Gasteiger partial charge in [-0.25, -0.2) is 14.5 Å². The third-order valence-corrected chi connectivity index (χ3v) is 3.55. The number of aromatic nitrogens is 4. The van der Waals surface area contributed by atoms with Crippen molar-refractivity contribution < 1.29 is 14.4 Å². The largest absolute Gasteiger partial charge is 0.465 e. The predicted molar refractivity (Wildman–Crippen MR) is 76.4 cm³/mol. The van der Waals surface area contributed by atoms with E-state index in [0.717, 1.165) is 41.8 Å². The summed E-state index contributed by atoms with van der Waals surface area (Å²) in [5, 5.41) is 9.29. The van der Waals surface area contributed by atoms with Crippen LogP contribution < -0.4 is 15.6 Å². The lowest BCUT2D eigenvalue weighted by molar-refractivity contribution is 0.200. The second-order valence-electron chi connectivity index (χ2n) is 4.96. The average molecular weight is 308 g/mol. The molecule has 0 aliphatic carbocycles. The van der Waals surface area contributed by atoms with Crippen LogP contribution in [-0.4, -0.2) is 50.4 Å². The predicted octanol–water partition coefficient (Wildman–Crippen LogP) is 0.572. The van der Waals surface area contributed by atoms with Crippen LogP contribution in [-0.2, 0) is 0 Å². The first-order valence-electron chi connectivity index (χ1n) is 7.13. The van der Waals surface area contributed by atoms with Gasteiger partial charge >= 0.3 is 11.8 Å². The number of fused-ring (bicyclic) bond motifs is 1. The second-order valence-corrected chi connectivity index (χ2v) is 4.96. The molecule has 2 aromatic rings. The number of piperidine rings is 1. The monoisotopic (exact) mass is 308 g/mol. The fraction of sp³-hybridized carbons (Fsp3) is 0.583. The zero-order valence-electron chi connectivity index (χ0n) is 12.1. The highest BCUT2D eigenvalue weighted by Gasteiger charge is 2.24. The summed E-state index contributed by atoms with van der Waals surface area (Å²) in [7, 11) is 0. The van der Waals surface area contributed by atoms with Crippen molar-refractivity contribution in [1.29, 1.82) is 0 Å². The highest BCUT2D eigenvalue weighted by Crippen LogP contribution is 2.20. The first-order chi connectivity index (χ1) is 10.6.